The van der Waals surface area contributed by atoms with Crippen molar-refractivity contribution in [3.63, 3.8) is 0 Å². The molecule has 12 heteroatoms. The van der Waals surface area contributed by atoms with Crippen molar-refractivity contribution in [1.82, 2.24) is 9.78 Å². The predicted octanol–water partition coefficient (Wildman–Crippen LogP) is 4.20. The molecule has 0 saturated heterocycles. The Balaban J connectivity index is 2.83. The first kappa shape index (κ1) is 19.4. The van der Waals surface area contributed by atoms with Crippen LogP contribution < -0.4 is 4.74 Å². The van der Waals surface area contributed by atoms with Crippen molar-refractivity contribution in [2.24, 2.45) is 4.99 Å². The lowest BCUT2D eigenvalue weighted by Crippen LogP contribution is -2.19. The van der Waals surface area contributed by atoms with Crippen LogP contribution in [0.4, 0.5) is 36.6 Å². The van der Waals surface area contributed by atoms with E-state index in [9.17, 15) is 35.5 Å². The van der Waals surface area contributed by atoms with Crippen LogP contribution in [0.2, 0.25) is 0 Å². The van der Waals surface area contributed by atoms with Crippen molar-refractivity contribution in [2.75, 3.05) is 0 Å². The molecule has 0 unspecified atom stereocenters. The Kier molecular flexibility index (Phi) is 5.08. The van der Waals surface area contributed by atoms with Gasteiger partial charge in [-0.25, -0.2) is 22.4 Å². The average Bonchev–Trinajstić information content (AvgIpc) is 2.86. The SMILES string of the molecule is CC(C)Oc1cc(N=C=O)nn1-c1c(F)c(F)c(C(F)(F)F)c(F)c1F. The summed E-state index contributed by atoms with van der Waals surface area (Å²) < 4.78 is 99.0. The molecular formula is C14H8F7N3O2. The molecule has 1 heterocycles. The average molecular weight is 383 g/mol. The number of alkyl halides is 3. The van der Waals surface area contributed by atoms with Gasteiger partial charge in [0.25, 0.3) is 0 Å². The Morgan fingerprint density at radius 1 is 1.12 bits per heavy atom. The molecule has 1 aromatic carbocycles. The van der Waals surface area contributed by atoms with Gasteiger partial charge in [0.2, 0.25) is 12.0 Å². The molecule has 0 aliphatic rings. The molecule has 0 fully saturated rings. The third-order valence-electron chi connectivity index (χ3n) is 2.92. The van der Waals surface area contributed by atoms with Crippen LogP contribution in [-0.2, 0) is 11.0 Å². The van der Waals surface area contributed by atoms with Crippen molar-refractivity contribution in [3.8, 4) is 11.6 Å². The zero-order valence-electron chi connectivity index (χ0n) is 13.0. The molecule has 0 aliphatic heterocycles. The van der Waals surface area contributed by atoms with Crippen LogP contribution in [0.1, 0.15) is 19.4 Å². The Hall–Kier alpha value is -2.88. The van der Waals surface area contributed by atoms with E-state index < -0.39 is 58.5 Å². The Labute approximate surface area is 140 Å². The highest BCUT2D eigenvalue weighted by Crippen LogP contribution is 2.39. The number of carbonyl (C=O) groups excluding carboxylic acids is 1. The van der Waals surface area contributed by atoms with Crippen LogP contribution >= 0.6 is 0 Å². The molecular weight excluding hydrogens is 375 g/mol. The van der Waals surface area contributed by atoms with Crippen molar-refractivity contribution in [1.29, 1.82) is 0 Å². The monoisotopic (exact) mass is 383 g/mol. The highest BCUT2D eigenvalue weighted by Gasteiger charge is 2.43. The third-order valence-corrected chi connectivity index (χ3v) is 2.92. The lowest BCUT2D eigenvalue weighted by molar-refractivity contribution is -0.143. The van der Waals surface area contributed by atoms with Gasteiger partial charge in [0.1, 0.15) is 11.3 Å². The van der Waals surface area contributed by atoms with Gasteiger partial charge in [-0.1, -0.05) is 0 Å². The van der Waals surface area contributed by atoms with E-state index in [1.54, 1.807) is 0 Å². The number of aromatic nitrogens is 2. The molecule has 26 heavy (non-hydrogen) atoms. The van der Waals surface area contributed by atoms with Gasteiger partial charge in [-0.05, 0) is 13.8 Å². The topological polar surface area (TPSA) is 56.5 Å². The molecule has 0 spiro atoms. The van der Waals surface area contributed by atoms with Crippen LogP contribution in [0.5, 0.6) is 5.88 Å². The molecule has 0 amide bonds. The number of ether oxygens (including phenoxy) is 1. The van der Waals surface area contributed by atoms with Gasteiger partial charge in [0.05, 0.1) is 6.10 Å². The molecule has 0 aliphatic carbocycles. The first-order valence-corrected chi connectivity index (χ1v) is 6.77. The first-order chi connectivity index (χ1) is 12.0. The van der Waals surface area contributed by atoms with Crippen molar-refractivity contribution in [3.05, 3.63) is 34.9 Å². The second-order valence-electron chi connectivity index (χ2n) is 5.10. The van der Waals surface area contributed by atoms with Crippen molar-refractivity contribution >= 4 is 11.9 Å². The van der Waals surface area contributed by atoms with Gasteiger partial charge in [0.15, 0.2) is 29.1 Å². The molecule has 0 N–H and O–H groups in total. The van der Waals surface area contributed by atoms with E-state index in [0.29, 0.717) is 0 Å². The summed E-state index contributed by atoms with van der Waals surface area (Å²) in [7, 11) is 0. The number of hydrogen-bond acceptors (Lipinski definition) is 4. The van der Waals surface area contributed by atoms with Gasteiger partial charge < -0.3 is 4.74 Å². The van der Waals surface area contributed by atoms with Crippen LogP contribution in [0.25, 0.3) is 5.69 Å². The van der Waals surface area contributed by atoms with Crippen LogP contribution in [0.3, 0.4) is 0 Å². The number of hydrogen-bond donors (Lipinski definition) is 0. The van der Waals surface area contributed by atoms with E-state index in [-0.39, 0.29) is 4.68 Å². The molecule has 0 radical (unpaired) electrons. The largest absolute Gasteiger partial charge is 0.475 e. The molecule has 0 bridgehead atoms. The highest BCUT2D eigenvalue weighted by molar-refractivity contribution is 5.50. The van der Waals surface area contributed by atoms with E-state index in [0.717, 1.165) is 12.1 Å². The summed E-state index contributed by atoms with van der Waals surface area (Å²) in [5.41, 5.74) is -4.32. The quantitative estimate of drug-likeness (QED) is 0.344. The van der Waals surface area contributed by atoms with Gasteiger partial charge in [-0.2, -0.15) is 17.9 Å². The van der Waals surface area contributed by atoms with Crippen molar-refractivity contribution < 1.29 is 40.3 Å². The maximum atomic E-state index is 14.1. The number of rotatable bonds is 4. The third kappa shape index (κ3) is 3.40. The Morgan fingerprint density at radius 3 is 2.08 bits per heavy atom. The summed E-state index contributed by atoms with van der Waals surface area (Å²) in [6.45, 7) is 2.95. The summed E-state index contributed by atoms with van der Waals surface area (Å²) in [5, 5.41) is 3.39. The minimum atomic E-state index is -5.68. The standard InChI is InChI=1S/C14H8F7N3O2/c1-5(2)26-7-3-6(22-4-25)23-24(7)13-11(17)9(15)8(14(19,20)21)10(16)12(13)18/h3,5H,1-2H3. The summed E-state index contributed by atoms with van der Waals surface area (Å²) in [5.74, 6) is -11.0. The van der Waals surface area contributed by atoms with Crippen LogP contribution in [-0.4, -0.2) is 22.0 Å². The zero-order chi connectivity index (χ0) is 19.8. The molecule has 0 atom stereocenters. The summed E-state index contributed by atoms with van der Waals surface area (Å²) in [4.78, 5) is 13.3. The Morgan fingerprint density at radius 2 is 1.65 bits per heavy atom. The number of nitrogens with zero attached hydrogens (tertiary/aromatic N) is 3. The van der Waals surface area contributed by atoms with Crippen LogP contribution in [0, 0.1) is 23.3 Å². The van der Waals surface area contributed by atoms with E-state index in [1.165, 1.54) is 13.8 Å². The Bertz CT molecular complexity index is 870. The summed E-state index contributed by atoms with van der Waals surface area (Å²) in [6.07, 6.45) is -5.24. The lowest BCUT2D eigenvalue weighted by atomic mass is 10.1. The molecule has 1 aromatic heterocycles. The fraction of sp³-hybridized carbons (Fsp3) is 0.286. The molecule has 140 valence electrons. The smallest absolute Gasteiger partial charge is 0.422 e. The second-order valence-corrected chi connectivity index (χ2v) is 5.10. The van der Waals surface area contributed by atoms with E-state index >= 15 is 0 Å². The fourth-order valence-corrected chi connectivity index (χ4v) is 1.99. The minimum absolute atomic E-state index is 0.160. The van der Waals surface area contributed by atoms with Gasteiger partial charge >= 0.3 is 6.18 Å². The normalized spacial score (nSPS) is 11.6. The number of aliphatic imine (C=N–C) groups is 1. The number of benzene rings is 1. The maximum absolute atomic E-state index is 14.1. The lowest BCUT2D eigenvalue weighted by Gasteiger charge is -2.16. The zero-order valence-corrected chi connectivity index (χ0v) is 13.0. The molecule has 0 saturated carbocycles. The number of isocyanates is 1. The van der Waals surface area contributed by atoms with Gasteiger partial charge in [-0.15, -0.1) is 10.1 Å². The summed E-state index contributed by atoms with van der Waals surface area (Å²) in [6, 6.07) is 0.872. The van der Waals surface area contributed by atoms with E-state index in [4.69, 9.17) is 4.74 Å². The van der Waals surface area contributed by atoms with Gasteiger partial charge in [0, 0.05) is 6.07 Å². The molecule has 5 nitrogen and oxygen atoms in total. The van der Waals surface area contributed by atoms with Crippen LogP contribution in [0.15, 0.2) is 11.1 Å². The van der Waals surface area contributed by atoms with E-state index in [1.807, 2.05) is 0 Å². The van der Waals surface area contributed by atoms with E-state index in [2.05, 4.69) is 10.1 Å². The summed E-state index contributed by atoms with van der Waals surface area (Å²) >= 11 is 0. The maximum Gasteiger partial charge on any atom is 0.422 e. The van der Waals surface area contributed by atoms with Crippen molar-refractivity contribution in [2.45, 2.75) is 26.1 Å². The number of halogens is 7. The predicted molar refractivity (Wildman–Crippen MR) is 71.9 cm³/mol. The fourth-order valence-electron chi connectivity index (χ4n) is 1.99. The molecule has 2 rings (SSSR count). The van der Waals surface area contributed by atoms with Gasteiger partial charge in [-0.3, -0.25) is 0 Å². The molecule has 2 aromatic rings. The minimum Gasteiger partial charge on any atom is -0.475 e. The second kappa shape index (κ2) is 6.79. The highest BCUT2D eigenvalue weighted by atomic mass is 19.4. The first-order valence-electron chi connectivity index (χ1n) is 6.77.